The second-order valence-corrected chi connectivity index (χ2v) is 5.34. The van der Waals surface area contributed by atoms with Gasteiger partial charge >= 0.3 is 0 Å². The van der Waals surface area contributed by atoms with Crippen molar-refractivity contribution in [1.29, 1.82) is 0 Å². The minimum Gasteiger partial charge on any atom is -0.384 e. The van der Waals surface area contributed by atoms with E-state index in [0.29, 0.717) is 23.5 Å². The van der Waals surface area contributed by atoms with Crippen molar-refractivity contribution in [3.63, 3.8) is 0 Å². The summed E-state index contributed by atoms with van der Waals surface area (Å²) >= 11 is 1.39. The monoisotopic (exact) mass is 299 g/mol. The third-order valence-corrected chi connectivity index (χ3v) is 3.95. The average Bonchev–Trinajstić information content (AvgIpc) is 2.99. The standard InChI is InChI=1S/C17H17NO2S/c1-2-18(13-14-7-4-3-5-8-14)17(20)16-15(9-6-11-19)10-12-21-16/h3-5,7-8,10,12,19H,2,11,13H2,1H3. The third-order valence-electron chi connectivity index (χ3n) is 3.05. The lowest BCUT2D eigenvalue weighted by Crippen LogP contribution is -2.30. The summed E-state index contributed by atoms with van der Waals surface area (Å²) in [5.74, 6) is 5.41. The van der Waals surface area contributed by atoms with Crippen molar-refractivity contribution in [2.75, 3.05) is 13.2 Å². The van der Waals surface area contributed by atoms with Crippen molar-refractivity contribution >= 4 is 17.2 Å². The van der Waals surface area contributed by atoms with Gasteiger partial charge in [0.1, 0.15) is 11.5 Å². The first-order valence-corrected chi connectivity index (χ1v) is 7.64. The topological polar surface area (TPSA) is 40.5 Å². The van der Waals surface area contributed by atoms with Crippen molar-refractivity contribution in [2.24, 2.45) is 0 Å². The normalized spacial score (nSPS) is 9.81. The molecule has 0 unspecified atom stereocenters. The maximum atomic E-state index is 12.6. The number of hydrogen-bond acceptors (Lipinski definition) is 3. The number of benzene rings is 1. The van der Waals surface area contributed by atoms with Gasteiger partial charge in [-0.15, -0.1) is 11.3 Å². The van der Waals surface area contributed by atoms with Crippen LogP contribution in [0, 0.1) is 11.8 Å². The molecule has 21 heavy (non-hydrogen) atoms. The molecule has 0 bridgehead atoms. The number of hydrogen-bond donors (Lipinski definition) is 1. The minimum absolute atomic E-state index is 0.0152. The predicted octanol–water partition coefficient (Wildman–Crippen LogP) is 2.75. The number of nitrogens with zero attached hydrogens (tertiary/aromatic N) is 1. The molecule has 0 saturated carbocycles. The SMILES string of the molecule is CCN(Cc1ccccc1)C(=O)c1sccc1C#CCO. The fourth-order valence-corrected chi connectivity index (χ4v) is 2.80. The number of carbonyl (C=O) groups is 1. The summed E-state index contributed by atoms with van der Waals surface area (Å²) in [6, 6.07) is 11.7. The summed E-state index contributed by atoms with van der Waals surface area (Å²) in [6.07, 6.45) is 0. The number of amides is 1. The maximum absolute atomic E-state index is 12.6. The Morgan fingerprint density at radius 3 is 2.71 bits per heavy atom. The lowest BCUT2D eigenvalue weighted by molar-refractivity contribution is 0.0757. The molecule has 0 aliphatic carbocycles. The Morgan fingerprint density at radius 1 is 1.29 bits per heavy atom. The Hall–Kier alpha value is -2.09. The van der Waals surface area contributed by atoms with E-state index >= 15 is 0 Å². The number of carbonyl (C=O) groups excluding carboxylic acids is 1. The van der Waals surface area contributed by atoms with E-state index in [2.05, 4.69) is 11.8 Å². The molecule has 0 radical (unpaired) electrons. The van der Waals surface area contributed by atoms with Crippen LogP contribution in [0.1, 0.15) is 27.7 Å². The van der Waals surface area contributed by atoms with Crippen LogP contribution in [-0.2, 0) is 6.54 Å². The number of rotatable bonds is 4. The van der Waals surface area contributed by atoms with E-state index in [9.17, 15) is 4.79 Å². The van der Waals surface area contributed by atoms with Crippen LogP contribution in [-0.4, -0.2) is 29.1 Å². The lowest BCUT2D eigenvalue weighted by Gasteiger charge is -2.20. The van der Waals surface area contributed by atoms with Gasteiger partial charge in [0.25, 0.3) is 5.91 Å². The Balaban J connectivity index is 2.19. The van der Waals surface area contributed by atoms with Crippen LogP contribution in [0.15, 0.2) is 41.8 Å². The van der Waals surface area contributed by atoms with Crippen LogP contribution in [0.3, 0.4) is 0 Å². The second-order valence-electron chi connectivity index (χ2n) is 4.43. The largest absolute Gasteiger partial charge is 0.384 e. The maximum Gasteiger partial charge on any atom is 0.265 e. The van der Waals surface area contributed by atoms with Crippen molar-refractivity contribution in [2.45, 2.75) is 13.5 Å². The van der Waals surface area contributed by atoms with E-state index in [1.54, 1.807) is 4.90 Å². The van der Waals surface area contributed by atoms with Crippen molar-refractivity contribution in [1.82, 2.24) is 4.90 Å². The van der Waals surface area contributed by atoms with Gasteiger partial charge < -0.3 is 10.0 Å². The van der Waals surface area contributed by atoms with Gasteiger partial charge in [0.2, 0.25) is 0 Å². The zero-order valence-electron chi connectivity index (χ0n) is 11.9. The average molecular weight is 299 g/mol. The summed E-state index contributed by atoms with van der Waals surface area (Å²) in [7, 11) is 0. The van der Waals surface area contributed by atoms with Crippen LogP contribution in [0.25, 0.3) is 0 Å². The molecular formula is C17H17NO2S. The van der Waals surface area contributed by atoms with Crippen molar-refractivity contribution in [3.05, 3.63) is 57.8 Å². The van der Waals surface area contributed by atoms with Crippen molar-refractivity contribution in [3.8, 4) is 11.8 Å². The summed E-state index contributed by atoms with van der Waals surface area (Å²) < 4.78 is 0. The molecule has 1 N–H and O–H groups in total. The molecular weight excluding hydrogens is 282 g/mol. The van der Waals surface area contributed by atoms with E-state index in [1.165, 1.54) is 11.3 Å². The molecule has 108 valence electrons. The van der Waals surface area contributed by atoms with Gasteiger partial charge in [-0.25, -0.2) is 0 Å². The van der Waals surface area contributed by atoms with Crippen LogP contribution in [0.4, 0.5) is 0 Å². The van der Waals surface area contributed by atoms with Gasteiger partial charge in [0.15, 0.2) is 0 Å². The minimum atomic E-state index is -0.203. The smallest absolute Gasteiger partial charge is 0.265 e. The van der Waals surface area contributed by atoms with E-state index < -0.39 is 0 Å². The third kappa shape index (κ3) is 3.94. The zero-order valence-corrected chi connectivity index (χ0v) is 12.7. The van der Waals surface area contributed by atoms with Gasteiger partial charge in [-0.1, -0.05) is 42.2 Å². The molecule has 0 saturated heterocycles. The fraction of sp³-hybridized carbons (Fsp3) is 0.235. The molecule has 0 atom stereocenters. The molecule has 0 spiro atoms. The van der Waals surface area contributed by atoms with E-state index in [1.807, 2.05) is 48.7 Å². The van der Waals surface area contributed by atoms with Gasteiger partial charge in [-0.05, 0) is 23.9 Å². The lowest BCUT2D eigenvalue weighted by atomic mass is 10.2. The quantitative estimate of drug-likeness (QED) is 0.882. The highest BCUT2D eigenvalue weighted by atomic mass is 32.1. The molecule has 3 nitrogen and oxygen atoms in total. The molecule has 0 aliphatic rings. The van der Waals surface area contributed by atoms with Crippen molar-refractivity contribution < 1.29 is 9.90 Å². The summed E-state index contributed by atoms with van der Waals surface area (Å²) in [5.41, 5.74) is 1.79. The van der Waals surface area contributed by atoms with Crippen LogP contribution in [0.2, 0.25) is 0 Å². The fourth-order valence-electron chi connectivity index (χ4n) is 1.98. The Labute approximate surface area is 128 Å². The highest BCUT2D eigenvalue weighted by Crippen LogP contribution is 2.19. The van der Waals surface area contributed by atoms with Crippen LogP contribution in [0.5, 0.6) is 0 Å². The number of aliphatic hydroxyl groups excluding tert-OH is 1. The van der Waals surface area contributed by atoms with Crippen LogP contribution < -0.4 is 0 Å². The van der Waals surface area contributed by atoms with Gasteiger partial charge in [-0.3, -0.25) is 4.79 Å². The molecule has 0 aliphatic heterocycles. The molecule has 2 rings (SSSR count). The molecule has 4 heteroatoms. The summed E-state index contributed by atoms with van der Waals surface area (Å²) in [5, 5.41) is 10.6. The van der Waals surface area contributed by atoms with E-state index in [4.69, 9.17) is 5.11 Å². The highest BCUT2D eigenvalue weighted by Gasteiger charge is 2.18. The van der Waals surface area contributed by atoms with Gasteiger partial charge in [0.05, 0.1) is 0 Å². The van der Waals surface area contributed by atoms with Gasteiger partial charge in [0, 0.05) is 18.7 Å². The molecule has 1 heterocycles. The summed E-state index contributed by atoms with van der Waals surface area (Å²) in [4.78, 5) is 15.1. The molecule has 0 fully saturated rings. The summed E-state index contributed by atoms with van der Waals surface area (Å²) in [6.45, 7) is 2.98. The Kier molecular flexibility index (Phi) is 5.56. The number of thiophene rings is 1. The first-order chi connectivity index (χ1) is 10.3. The molecule has 1 amide bonds. The second kappa shape index (κ2) is 7.63. The van der Waals surface area contributed by atoms with E-state index in [0.717, 1.165) is 5.56 Å². The first kappa shape index (κ1) is 15.3. The van der Waals surface area contributed by atoms with Gasteiger partial charge in [-0.2, -0.15) is 0 Å². The molecule has 1 aromatic heterocycles. The highest BCUT2D eigenvalue weighted by molar-refractivity contribution is 7.12. The molecule has 2 aromatic rings. The number of aliphatic hydroxyl groups is 1. The predicted molar refractivity (Wildman–Crippen MR) is 85.1 cm³/mol. The Morgan fingerprint density at radius 2 is 2.05 bits per heavy atom. The van der Waals surface area contributed by atoms with Crippen LogP contribution >= 0.6 is 11.3 Å². The Bertz CT molecular complexity index is 652. The first-order valence-electron chi connectivity index (χ1n) is 6.76. The zero-order chi connectivity index (χ0) is 15.1. The van der Waals surface area contributed by atoms with E-state index in [-0.39, 0.29) is 12.5 Å². The molecule has 1 aromatic carbocycles.